The molecule has 0 spiro atoms. The van der Waals surface area contributed by atoms with Gasteiger partial charge in [0.1, 0.15) is 5.75 Å². The van der Waals surface area contributed by atoms with Crippen LogP contribution in [0.3, 0.4) is 0 Å². The maximum absolute atomic E-state index is 12.5. The molecule has 3 aromatic rings. The Kier molecular flexibility index (Phi) is 6.82. The highest BCUT2D eigenvalue weighted by Gasteiger charge is 2.09. The number of thiazole rings is 1. The molecule has 0 aliphatic carbocycles. The Balaban J connectivity index is 1.90. The minimum Gasteiger partial charge on any atom is -0.497 e. The fourth-order valence-electron chi connectivity index (χ4n) is 2.71. The Morgan fingerprint density at radius 1 is 1.22 bits per heavy atom. The summed E-state index contributed by atoms with van der Waals surface area (Å²) in [7, 11) is 1.62. The summed E-state index contributed by atoms with van der Waals surface area (Å²) in [6.45, 7) is 3.87. The third-order valence-electron chi connectivity index (χ3n) is 4.04. The molecule has 5 nitrogen and oxygen atoms in total. The molecule has 0 radical (unpaired) electrons. The van der Waals surface area contributed by atoms with Crippen LogP contribution in [0.15, 0.2) is 51.9 Å². The van der Waals surface area contributed by atoms with Gasteiger partial charge in [0.25, 0.3) is 5.91 Å². The maximum Gasteiger partial charge on any atom is 0.252 e. The van der Waals surface area contributed by atoms with Crippen LogP contribution < -0.4 is 9.54 Å². The maximum atomic E-state index is 12.5. The predicted octanol–water partition coefficient (Wildman–Crippen LogP) is 4.18. The van der Waals surface area contributed by atoms with Gasteiger partial charge in [0, 0.05) is 17.6 Å². The molecule has 2 aromatic carbocycles. The second-order valence-corrected chi connectivity index (χ2v) is 7.80. The minimum atomic E-state index is -0.170. The second-order valence-electron chi connectivity index (χ2n) is 5.88. The van der Waals surface area contributed by atoms with E-state index in [-0.39, 0.29) is 12.3 Å². The largest absolute Gasteiger partial charge is 0.497 e. The molecule has 0 saturated heterocycles. The highest BCUT2D eigenvalue weighted by atomic mass is 79.9. The van der Waals surface area contributed by atoms with Crippen LogP contribution in [0.1, 0.15) is 12.5 Å². The number of fused-ring (bicyclic) bond motifs is 1. The van der Waals surface area contributed by atoms with Gasteiger partial charge in [-0.05, 0) is 42.8 Å². The number of benzene rings is 2. The van der Waals surface area contributed by atoms with Gasteiger partial charge in [0.15, 0.2) is 4.80 Å². The quantitative estimate of drug-likeness (QED) is 0.509. The van der Waals surface area contributed by atoms with Crippen molar-refractivity contribution in [3.05, 3.63) is 57.3 Å². The van der Waals surface area contributed by atoms with Crippen LogP contribution in [0.4, 0.5) is 0 Å². The van der Waals surface area contributed by atoms with Gasteiger partial charge < -0.3 is 14.0 Å². The van der Waals surface area contributed by atoms with E-state index in [1.54, 1.807) is 7.11 Å². The zero-order chi connectivity index (χ0) is 19.2. The van der Waals surface area contributed by atoms with Gasteiger partial charge in [0.2, 0.25) is 0 Å². The molecule has 7 heteroatoms. The number of amides is 1. The van der Waals surface area contributed by atoms with Gasteiger partial charge in [0.05, 0.1) is 30.4 Å². The number of carbonyl (C=O) groups excluding carboxylic acids is 1. The third kappa shape index (κ3) is 5.06. The van der Waals surface area contributed by atoms with Crippen LogP contribution in [-0.2, 0) is 22.5 Å². The minimum absolute atomic E-state index is 0.170. The number of rotatable bonds is 7. The van der Waals surface area contributed by atoms with Gasteiger partial charge in [-0.3, -0.25) is 4.79 Å². The average molecular weight is 449 g/mol. The number of hydrogen-bond donors (Lipinski definition) is 0. The lowest BCUT2D eigenvalue weighted by Gasteiger charge is -2.05. The first-order valence-electron chi connectivity index (χ1n) is 8.68. The van der Waals surface area contributed by atoms with E-state index in [9.17, 15) is 4.79 Å². The molecule has 27 heavy (non-hydrogen) atoms. The Morgan fingerprint density at radius 3 is 2.70 bits per heavy atom. The van der Waals surface area contributed by atoms with Crippen LogP contribution in [0.25, 0.3) is 10.2 Å². The molecule has 0 saturated carbocycles. The van der Waals surface area contributed by atoms with Gasteiger partial charge in [-0.1, -0.05) is 39.4 Å². The Morgan fingerprint density at radius 2 is 2.00 bits per heavy atom. The van der Waals surface area contributed by atoms with E-state index in [0.717, 1.165) is 26.0 Å². The summed E-state index contributed by atoms with van der Waals surface area (Å²) in [5.41, 5.74) is 1.97. The second kappa shape index (κ2) is 9.30. The lowest BCUT2D eigenvalue weighted by molar-refractivity contribution is -0.117. The van der Waals surface area contributed by atoms with Crippen molar-refractivity contribution in [2.24, 2.45) is 4.99 Å². The summed E-state index contributed by atoms with van der Waals surface area (Å²) in [5, 5.41) is 0. The van der Waals surface area contributed by atoms with Crippen LogP contribution in [0.5, 0.6) is 5.75 Å². The van der Waals surface area contributed by atoms with E-state index in [1.165, 1.54) is 11.3 Å². The zero-order valence-corrected chi connectivity index (χ0v) is 17.7. The van der Waals surface area contributed by atoms with Crippen LogP contribution in [-0.4, -0.2) is 30.8 Å². The lowest BCUT2D eigenvalue weighted by atomic mass is 10.1. The molecule has 0 aliphatic heterocycles. The van der Waals surface area contributed by atoms with Crippen molar-refractivity contribution in [2.45, 2.75) is 19.9 Å². The standard InChI is InChI=1S/C20H21BrN2O3S/c1-3-26-11-10-23-17-9-6-15(21)13-18(17)27-20(23)22-19(24)12-14-4-7-16(25-2)8-5-14/h4-9,13H,3,10-12H2,1-2H3. The molecule has 0 fully saturated rings. The first-order valence-corrected chi connectivity index (χ1v) is 10.3. The van der Waals surface area contributed by atoms with Gasteiger partial charge in [-0.2, -0.15) is 4.99 Å². The van der Waals surface area contributed by atoms with E-state index < -0.39 is 0 Å². The molecular weight excluding hydrogens is 428 g/mol. The highest BCUT2D eigenvalue weighted by molar-refractivity contribution is 9.10. The van der Waals surface area contributed by atoms with Crippen molar-refractivity contribution in [1.29, 1.82) is 0 Å². The summed E-state index contributed by atoms with van der Waals surface area (Å²) < 4.78 is 14.8. The number of hydrogen-bond acceptors (Lipinski definition) is 4. The van der Waals surface area contributed by atoms with Crippen LogP contribution >= 0.6 is 27.3 Å². The normalized spacial score (nSPS) is 11.9. The number of halogens is 1. The summed E-state index contributed by atoms with van der Waals surface area (Å²) in [6, 6.07) is 13.5. The summed E-state index contributed by atoms with van der Waals surface area (Å²) in [4.78, 5) is 17.6. The van der Waals surface area contributed by atoms with E-state index in [4.69, 9.17) is 9.47 Å². The lowest BCUT2D eigenvalue weighted by Crippen LogP contribution is -2.20. The number of aromatic nitrogens is 1. The Hall–Kier alpha value is -1.96. The molecule has 0 aliphatic rings. The number of ether oxygens (including phenoxy) is 2. The van der Waals surface area contributed by atoms with Crippen molar-refractivity contribution in [3.8, 4) is 5.75 Å². The molecular formula is C20H21BrN2O3S. The molecule has 3 rings (SSSR count). The fourth-order valence-corrected chi connectivity index (χ4v) is 4.34. The highest BCUT2D eigenvalue weighted by Crippen LogP contribution is 2.22. The Bertz CT molecular complexity index is 993. The van der Waals surface area contributed by atoms with Crippen molar-refractivity contribution < 1.29 is 14.3 Å². The molecule has 1 aromatic heterocycles. The SMILES string of the molecule is CCOCCn1c(=NC(=O)Cc2ccc(OC)cc2)sc2cc(Br)ccc21. The van der Waals surface area contributed by atoms with Crippen LogP contribution in [0, 0.1) is 0 Å². The van der Waals surface area contributed by atoms with Gasteiger partial charge >= 0.3 is 0 Å². The predicted molar refractivity (Wildman–Crippen MR) is 111 cm³/mol. The van der Waals surface area contributed by atoms with Crippen molar-refractivity contribution in [2.75, 3.05) is 20.3 Å². The van der Waals surface area contributed by atoms with Gasteiger partial charge in [-0.15, -0.1) is 0 Å². The topological polar surface area (TPSA) is 52.8 Å². The first kappa shape index (κ1) is 19.8. The smallest absolute Gasteiger partial charge is 0.252 e. The van der Waals surface area contributed by atoms with Crippen molar-refractivity contribution in [1.82, 2.24) is 4.57 Å². The third-order valence-corrected chi connectivity index (χ3v) is 5.58. The van der Waals surface area contributed by atoms with E-state index >= 15 is 0 Å². The monoisotopic (exact) mass is 448 g/mol. The van der Waals surface area contributed by atoms with E-state index in [0.29, 0.717) is 24.6 Å². The number of carbonyl (C=O) groups is 1. The number of nitrogens with zero attached hydrogens (tertiary/aromatic N) is 2. The molecule has 142 valence electrons. The molecule has 0 unspecified atom stereocenters. The number of methoxy groups -OCH3 is 1. The van der Waals surface area contributed by atoms with Gasteiger partial charge in [-0.25, -0.2) is 0 Å². The molecule has 1 heterocycles. The Labute approximate surface area is 170 Å². The first-order chi connectivity index (χ1) is 13.1. The van der Waals surface area contributed by atoms with E-state index in [2.05, 4.69) is 20.9 Å². The average Bonchev–Trinajstić information content (AvgIpc) is 2.98. The molecule has 0 N–H and O–H groups in total. The van der Waals surface area contributed by atoms with Crippen LogP contribution in [0.2, 0.25) is 0 Å². The summed E-state index contributed by atoms with van der Waals surface area (Å²) in [6.07, 6.45) is 0.257. The van der Waals surface area contributed by atoms with E-state index in [1.807, 2.05) is 54.0 Å². The summed E-state index contributed by atoms with van der Waals surface area (Å²) in [5.74, 6) is 0.600. The molecule has 1 amide bonds. The molecule has 0 atom stereocenters. The fraction of sp³-hybridized carbons (Fsp3) is 0.300. The zero-order valence-electron chi connectivity index (χ0n) is 15.3. The van der Waals surface area contributed by atoms with Crippen molar-refractivity contribution >= 4 is 43.4 Å². The molecule has 0 bridgehead atoms. The van der Waals surface area contributed by atoms with Crippen molar-refractivity contribution in [3.63, 3.8) is 0 Å². The summed E-state index contributed by atoms with van der Waals surface area (Å²) >= 11 is 5.01.